The number of pyridine rings is 1. The minimum atomic E-state index is 0.546. The van der Waals surface area contributed by atoms with Gasteiger partial charge in [-0.15, -0.1) is 11.3 Å². The number of rotatable bonds is 1. The third-order valence-corrected chi connectivity index (χ3v) is 2.82. The highest BCUT2D eigenvalue weighted by Crippen LogP contribution is 2.23. The molecule has 2 aromatic rings. The van der Waals surface area contributed by atoms with Crippen LogP contribution in [0.15, 0.2) is 28.2 Å². The van der Waals surface area contributed by atoms with Gasteiger partial charge in [0.2, 0.25) is 0 Å². The van der Waals surface area contributed by atoms with E-state index >= 15 is 0 Å². The van der Waals surface area contributed by atoms with Crippen molar-refractivity contribution in [1.29, 1.82) is 0 Å². The molecule has 0 aliphatic carbocycles. The molecular weight excluding hydrogens is 250 g/mol. The Hall–Kier alpha value is -0.940. The van der Waals surface area contributed by atoms with Crippen molar-refractivity contribution < 1.29 is 0 Å². The first-order chi connectivity index (χ1) is 6.25. The average molecular weight is 256 g/mol. The van der Waals surface area contributed by atoms with E-state index in [4.69, 9.17) is 5.73 Å². The third kappa shape index (κ3) is 1.87. The molecule has 2 rings (SSSR count). The minimum Gasteiger partial charge on any atom is -0.383 e. The monoisotopic (exact) mass is 255 g/mol. The van der Waals surface area contributed by atoms with Crippen LogP contribution in [0.3, 0.4) is 0 Å². The number of nitrogens with two attached hydrogens (primary N) is 1. The minimum absolute atomic E-state index is 0.546. The molecular formula is C8H6BrN3S. The molecule has 13 heavy (non-hydrogen) atoms. The Labute approximate surface area is 87.8 Å². The van der Waals surface area contributed by atoms with Crippen molar-refractivity contribution in [1.82, 2.24) is 9.97 Å². The van der Waals surface area contributed by atoms with Gasteiger partial charge in [0, 0.05) is 16.0 Å². The van der Waals surface area contributed by atoms with Gasteiger partial charge < -0.3 is 5.73 Å². The fourth-order valence-corrected chi connectivity index (χ4v) is 1.83. The smallest absolute Gasteiger partial charge is 0.144 e. The molecule has 0 bridgehead atoms. The van der Waals surface area contributed by atoms with Gasteiger partial charge in [-0.2, -0.15) is 0 Å². The molecule has 0 aliphatic rings. The standard InChI is InChI=1S/C8H6BrN3S/c9-5-1-2-6(11-3-5)8-12-7(10)4-13-8/h1-4H,10H2. The Morgan fingerprint density at radius 1 is 1.38 bits per heavy atom. The number of aromatic nitrogens is 2. The summed E-state index contributed by atoms with van der Waals surface area (Å²) in [5.41, 5.74) is 6.36. The zero-order valence-electron chi connectivity index (χ0n) is 6.57. The normalized spacial score (nSPS) is 10.2. The highest BCUT2D eigenvalue weighted by molar-refractivity contribution is 9.10. The van der Waals surface area contributed by atoms with Crippen molar-refractivity contribution in [2.75, 3.05) is 5.73 Å². The molecule has 2 heterocycles. The van der Waals surface area contributed by atoms with Crippen molar-refractivity contribution >= 4 is 33.1 Å². The molecule has 5 heteroatoms. The first kappa shape index (κ1) is 8.65. The van der Waals surface area contributed by atoms with Crippen LogP contribution in [-0.4, -0.2) is 9.97 Å². The van der Waals surface area contributed by atoms with E-state index in [0.717, 1.165) is 15.2 Å². The summed E-state index contributed by atoms with van der Waals surface area (Å²) in [5.74, 6) is 0.546. The quantitative estimate of drug-likeness (QED) is 0.853. The van der Waals surface area contributed by atoms with Crippen LogP contribution in [0.4, 0.5) is 5.82 Å². The molecule has 0 spiro atoms. The molecule has 0 aromatic carbocycles. The van der Waals surface area contributed by atoms with Crippen LogP contribution < -0.4 is 5.73 Å². The number of anilines is 1. The lowest BCUT2D eigenvalue weighted by Crippen LogP contribution is -1.85. The van der Waals surface area contributed by atoms with Crippen LogP contribution in [0.5, 0.6) is 0 Å². The Bertz CT molecular complexity index is 410. The van der Waals surface area contributed by atoms with Gasteiger partial charge in [0.05, 0.1) is 5.69 Å². The zero-order valence-corrected chi connectivity index (χ0v) is 8.97. The number of halogens is 1. The van der Waals surface area contributed by atoms with E-state index in [-0.39, 0.29) is 0 Å². The second kappa shape index (κ2) is 3.43. The SMILES string of the molecule is Nc1csc(-c2ccc(Br)cn2)n1. The Morgan fingerprint density at radius 2 is 2.23 bits per heavy atom. The fraction of sp³-hybridized carbons (Fsp3) is 0. The van der Waals surface area contributed by atoms with E-state index in [0.29, 0.717) is 5.82 Å². The summed E-state index contributed by atoms with van der Waals surface area (Å²) >= 11 is 4.81. The zero-order chi connectivity index (χ0) is 9.26. The van der Waals surface area contributed by atoms with E-state index in [9.17, 15) is 0 Å². The van der Waals surface area contributed by atoms with E-state index in [1.54, 1.807) is 11.6 Å². The predicted molar refractivity (Wildman–Crippen MR) is 57.5 cm³/mol. The first-order valence-electron chi connectivity index (χ1n) is 3.58. The number of nitrogen functional groups attached to an aromatic ring is 1. The van der Waals surface area contributed by atoms with E-state index in [2.05, 4.69) is 25.9 Å². The average Bonchev–Trinajstić information content (AvgIpc) is 2.53. The van der Waals surface area contributed by atoms with Gasteiger partial charge in [-0.1, -0.05) is 0 Å². The molecule has 0 amide bonds. The lowest BCUT2D eigenvalue weighted by molar-refractivity contribution is 1.28. The van der Waals surface area contributed by atoms with Gasteiger partial charge >= 0.3 is 0 Å². The summed E-state index contributed by atoms with van der Waals surface area (Å²) in [5, 5.41) is 2.66. The fourth-order valence-electron chi connectivity index (χ4n) is 0.906. The number of thiazole rings is 1. The maximum absolute atomic E-state index is 5.51. The van der Waals surface area contributed by atoms with Crippen LogP contribution in [0, 0.1) is 0 Å². The molecule has 2 aromatic heterocycles. The molecule has 66 valence electrons. The van der Waals surface area contributed by atoms with Crippen LogP contribution in [0.1, 0.15) is 0 Å². The molecule has 0 fully saturated rings. The molecule has 0 atom stereocenters. The molecule has 0 saturated carbocycles. The molecule has 3 nitrogen and oxygen atoms in total. The van der Waals surface area contributed by atoms with Crippen molar-refractivity contribution in [2.45, 2.75) is 0 Å². The Kier molecular flexibility index (Phi) is 2.28. The topological polar surface area (TPSA) is 51.8 Å². The maximum Gasteiger partial charge on any atom is 0.144 e. The second-order valence-electron chi connectivity index (χ2n) is 2.44. The first-order valence-corrected chi connectivity index (χ1v) is 5.26. The number of hydrogen-bond acceptors (Lipinski definition) is 4. The number of hydrogen-bond donors (Lipinski definition) is 1. The number of nitrogens with zero attached hydrogens (tertiary/aromatic N) is 2. The van der Waals surface area contributed by atoms with E-state index in [1.807, 2.05) is 12.1 Å². The summed E-state index contributed by atoms with van der Waals surface area (Å²) < 4.78 is 0.959. The lowest BCUT2D eigenvalue weighted by Gasteiger charge is -1.93. The summed E-state index contributed by atoms with van der Waals surface area (Å²) in [6, 6.07) is 3.84. The molecule has 0 saturated heterocycles. The lowest BCUT2D eigenvalue weighted by atomic mass is 10.4. The molecule has 0 aliphatic heterocycles. The third-order valence-electron chi connectivity index (χ3n) is 1.47. The van der Waals surface area contributed by atoms with Crippen LogP contribution in [0.2, 0.25) is 0 Å². The highest BCUT2D eigenvalue weighted by atomic mass is 79.9. The maximum atomic E-state index is 5.51. The van der Waals surface area contributed by atoms with Gasteiger partial charge in [-0.3, -0.25) is 4.98 Å². The predicted octanol–water partition coefficient (Wildman–Crippen LogP) is 2.55. The van der Waals surface area contributed by atoms with Gasteiger partial charge in [0.25, 0.3) is 0 Å². The van der Waals surface area contributed by atoms with Gasteiger partial charge in [0.1, 0.15) is 10.8 Å². The molecule has 0 radical (unpaired) electrons. The van der Waals surface area contributed by atoms with Crippen molar-refractivity contribution in [3.63, 3.8) is 0 Å². The van der Waals surface area contributed by atoms with Crippen LogP contribution in [0.25, 0.3) is 10.7 Å². The molecule has 0 unspecified atom stereocenters. The Morgan fingerprint density at radius 3 is 2.77 bits per heavy atom. The highest BCUT2D eigenvalue weighted by Gasteiger charge is 2.02. The van der Waals surface area contributed by atoms with Crippen LogP contribution in [-0.2, 0) is 0 Å². The molecule has 2 N–H and O–H groups in total. The van der Waals surface area contributed by atoms with Crippen molar-refractivity contribution in [3.05, 3.63) is 28.2 Å². The van der Waals surface area contributed by atoms with Gasteiger partial charge in [0.15, 0.2) is 0 Å². The summed E-state index contributed by atoms with van der Waals surface area (Å²) in [7, 11) is 0. The van der Waals surface area contributed by atoms with E-state index in [1.165, 1.54) is 11.3 Å². The van der Waals surface area contributed by atoms with E-state index < -0.39 is 0 Å². The van der Waals surface area contributed by atoms with Crippen molar-refractivity contribution in [2.24, 2.45) is 0 Å². The largest absolute Gasteiger partial charge is 0.383 e. The van der Waals surface area contributed by atoms with Gasteiger partial charge in [-0.05, 0) is 28.1 Å². The van der Waals surface area contributed by atoms with Crippen molar-refractivity contribution in [3.8, 4) is 10.7 Å². The summed E-state index contributed by atoms with van der Waals surface area (Å²) in [4.78, 5) is 8.34. The second-order valence-corrected chi connectivity index (χ2v) is 4.21. The summed E-state index contributed by atoms with van der Waals surface area (Å²) in [6.45, 7) is 0. The van der Waals surface area contributed by atoms with Gasteiger partial charge in [-0.25, -0.2) is 4.98 Å². The van der Waals surface area contributed by atoms with Crippen LogP contribution >= 0.6 is 27.3 Å². The summed E-state index contributed by atoms with van der Waals surface area (Å²) in [6.07, 6.45) is 1.74. The Balaban J connectivity index is 2.41.